The zero-order chi connectivity index (χ0) is 14.5. The van der Waals surface area contributed by atoms with Gasteiger partial charge in [0.2, 0.25) is 5.91 Å². The van der Waals surface area contributed by atoms with Crippen LogP contribution in [0.3, 0.4) is 0 Å². The van der Waals surface area contributed by atoms with Crippen molar-refractivity contribution in [2.24, 2.45) is 0 Å². The number of carbonyl (C=O) groups is 2. The molecule has 1 radical (unpaired) electrons. The van der Waals surface area contributed by atoms with E-state index >= 15 is 0 Å². The average Bonchev–Trinajstić information content (AvgIpc) is 2.47. The van der Waals surface area contributed by atoms with Crippen LogP contribution in [0.1, 0.15) is 6.42 Å². The van der Waals surface area contributed by atoms with Gasteiger partial charge in [-0.15, -0.1) is 0 Å². The van der Waals surface area contributed by atoms with Crippen LogP contribution in [0.2, 0.25) is 0 Å². The molecular formula is C16H14NO3. The number of carboxylic acids is 1. The molecule has 0 aliphatic heterocycles. The monoisotopic (exact) mass is 268 g/mol. The van der Waals surface area contributed by atoms with Crippen LogP contribution in [0.15, 0.2) is 48.5 Å². The fourth-order valence-electron chi connectivity index (χ4n) is 1.84. The lowest BCUT2D eigenvalue weighted by atomic mass is 10.1. The van der Waals surface area contributed by atoms with Gasteiger partial charge in [0.05, 0.1) is 0 Å². The standard InChI is InChI=1S/C16H14NO3/c1-17(15(18)11-16(19)20)14-9-7-13(8-10-14)12-5-3-2-4-6-12/h2-3,5-10H,11H2,1H3,(H,19,20). The van der Waals surface area contributed by atoms with Crippen molar-refractivity contribution in [2.45, 2.75) is 6.42 Å². The topological polar surface area (TPSA) is 57.6 Å². The molecule has 0 aliphatic rings. The van der Waals surface area contributed by atoms with Crippen LogP contribution in [0.5, 0.6) is 0 Å². The van der Waals surface area contributed by atoms with Gasteiger partial charge < -0.3 is 10.0 Å². The van der Waals surface area contributed by atoms with Gasteiger partial charge >= 0.3 is 5.97 Å². The van der Waals surface area contributed by atoms with Crippen molar-refractivity contribution < 1.29 is 14.7 Å². The van der Waals surface area contributed by atoms with Crippen molar-refractivity contribution in [2.75, 3.05) is 11.9 Å². The van der Waals surface area contributed by atoms with Gasteiger partial charge in [-0.2, -0.15) is 0 Å². The SMILES string of the molecule is CN(C(=O)CC(=O)O)c1ccc(-c2c[c]ccc2)cc1. The van der Waals surface area contributed by atoms with E-state index in [0.717, 1.165) is 11.1 Å². The molecule has 0 fully saturated rings. The first-order valence-corrected chi connectivity index (χ1v) is 6.13. The molecule has 0 heterocycles. The molecule has 1 N–H and O–H groups in total. The minimum absolute atomic E-state index is 0.446. The maximum Gasteiger partial charge on any atom is 0.312 e. The van der Waals surface area contributed by atoms with Crippen molar-refractivity contribution in [1.82, 2.24) is 0 Å². The summed E-state index contributed by atoms with van der Waals surface area (Å²) in [5.74, 6) is -1.57. The lowest BCUT2D eigenvalue weighted by Gasteiger charge is -2.16. The van der Waals surface area contributed by atoms with E-state index in [9.17, 15) is 9.59 Å². The number of benzene rings is 2. The summed E-state index contributed by atoms with van der Waals surface area (Å²) in [7, 11) is 1.57. The molecule has 2 rings (SSSR count). The molecule has 2 aromatic rings. The maximum absolute atomic E-state index is 11.6. The second-order valence-electron chi connectivity index (χ2n) is 4.36. The highest BCUT2D eigenvalue weighted by molar-refractivity contribution is 6.02. The molecule has 20 heavy (non-hydrogen) atoms. The number of aliphatic carboxylic acids is 1. The van der Waals surface area contributed by atoms with Gasteiger partial charge in [0.1, 0.15) is 6.42 Å². The third-order valence-corrected chi connectivity index (χ3v) is 2.97. The number of anilines is 1. The summed E-state index contributed by atoms with van der Waals surface area (Å²) in [6.45, 7) is 0. The third kappa shape index (κ3) is 3.23. The summed E-state index contributed by atoms with van der Waals surface area (Å²) in [5, 5.41) is 8.62. The zero-order valence-corrected chi connectivity index (χ0v) is 11.0. The first kappa shape index (κ1) is 13.8. The Bertz CT molecular complexity index is 605. The summed E-state index contributed by atoms with van der Waals surface area (Å²) < 4.78 is 0. The minimum atomic E-state index is -1.13. The highest BCUT2D eigenvalue weighted by Gasteiger charge is 2.14. The largest absolute Gasteiger partial charge is 0.481 e. The van der Waals surface area contributed by atoms with Gasteiger partial charge in [-0.3, -0.25) is 9.59 Å². The Kier molecular flexibility index (Phi) is 4.15. The molecule has 4 nitrogen and oxygen atoms in total. The summed E-state index contributed by atoms with van der Waals surface area (Å²) in [6, 6.07) is 18.0. The molecular weight excluding hydrogens is 254 g/mol. The van der Waals surface area contributed by atoms with Crippen LogP contribution in [0.25, 0.3) is 11.1 Å². The average molecular weight is 268 g/mol. The second kappa shape index (κ2) is 6.02. The minimum Gasteiger partial charge on any atom is -0.481 e. The fraction of sp³-hybridized carbons (Fsp3) is 0.125. The Hall–Kier alpha value is -2.62. The Morgan fingerprint density at radius 1 is 1.15 bits per heavy atom. The van der Waals surface area contributed by atoms with Crippen LogP contribution in [-0.4, -0.2) is 24.0 Å². The number of rotatable bonds is 4. The zero-order valence-electron chi connectivity index (χ0n) is 11.0. The quantitative estimate of drug-likeness (QED) is 0.867. The van der Waals surface area contributed by atoms with E-state index < -0.39 is 18.3 Å². The summed E-state index contributed by atoms with van der Waals surface area (Å²) in [6.07, 6.45) is -0.508. The molecule has 0 atom stereocenters. The predicted molar refractivity (Wildman–Crippen MR) is 76.4 cm³/mol. The van der Waals surface area contributed by atoms with E-state index in [4.69, 9.17) is 5.11 Å². The molecule has 101 valence electrons. The molecule has 0 bridgehead atoms. The van der Waals surface area contributed by atoms with Gasteiger partial charge in [-0.25, -0.2) is 0 Å². The molecule has 0 saturated heterocycles. The van der Waals surface area contributed by atoms with Crippen LogP contribution in [0, 0.1) is 6.07 Å². The fourth-order valence-corrected chi connectivity index (χ4v) is 1.84. The Labute approximate surface area is 117 Å². The van der Waals surface area contributed by atoms with E-state index in [2.05, 4.69) is 6.07 Å². The second-order valence-corrected chi connectivity index (χ2v) is 4.36. The van der Waals surface area contributed by atoms with Crippen molar-refractivity contribution >= 4 is 17.6 Å². The lowest BCUT2D eigenvalue weighted by Crippen LogP contribution is -2.28. The van der Waals surface area contributed by atoms with Gasteiger partial charge in [0.15, 0.2) is 0 Å². The third-order valence-electron chi connectivity index (χ3n) is 2.97. The van der Waals surface area contributed by atoms with E-state index in [-0.39, 0.29) is 0 Å². The maximum atomic E-state index is 11.6. The van der Waals surface area contributed by atoms with E-state index in [1.165, 1.54) is 4.90 Å². The molecule has 1 amide bonds. The van der Waals surface area contributed by atoms with E-state index in [1.807, 2.05) is 36.4 Å². The highest BCUT2D eigenvalue weighted by atomic mass is 16.4. The molecule has 0 aliphatic carbocycles. The van der Waals surface area contributed by atoms with Crippen LogP contribution < -0.4 is 4.90 Å². The molecule has 4 heteroatoms. The normalized spacial score (nSPS) is 10.1. The van der Waals surface area contributed by atoms with Gasteiger partial charge in [-0.05, 0) is 35.4 Å². The van der Waals surface area contributed by atoms with E-state index in [1.54, 1.807) is 19.2 Å². The van der Waals surface area contributed by atoms with Crippen LogP contribution >= 0.6 is 0 Å². The smallest absolute Gasteiger partial charge is 0.312 e. The molecule has 0 saturated carbocycles. The number of carboxylic acid groups (broad SMARTS) is 1. The number of carbonyl (C=O) groups excluding carboxylic acids is 1. The number of hydrogen-bond donors (Lipinski definition) is 1. The first-order chi connectivity index (χ1) is 9.58. The van der Waals surface area contributed by atoms with Gasteiger partial charge in [0, 0.05) is 12.7 Å². The van der Waals surface area contributed by atoms with Crippen molar-refractivity contribution in [3.63, 3.8) is 0 Å². The van der Waals surface area contributed by atoms with Gasteiger partial charge in [-0.1, -0.05) is 30.3 Å². The van der Waals surface area contributed by atoms with Crippen LogP contribution in [-0.2, 0) is 9.59 Å². The first-order valence-electron chi connectivity index (χ1n) is 6.13. The molecule has 0 aromatic heterocycles. The highest BCUT2D eigenvalue weighted by Crippen LogP contribution is 2.22. The summed E-state index contributed by atoms with van der Waals surface area (Å²) in [4.78, 5) is 23.5. The number of nitrogens with zero attached hydrogens (tertiary/aromatic N) is 1. The lowest BCUT2D eigenvalue weighted by molar-refractivity contribution is -0.140. The van der Waals surface area contributed by atoms with Gasteiger partial charge in [0.25, 0.3) is 0 Å². The summed E-state index contributed by atoms with van der Waals surface area (Å²) in [5.41, 5.74) is 2.73. The number of hydrogen-bond acceptors (Lipinski definition) is 2. The van der Waals surface area contributed by atoms with Crippen LogP contribution in [0.4, 0.5) is 5.69 Å². The Morgan fingerprint density at radius 2 is 1.85 bits per heavy atom. The molecule has 2 aromatic carbocycles. The van der Waals surface area contributed by atoms with Crippen molar-refractivity contribution in [3.05, 3.63) is 54.6 Å². The Balaban J connectivity index is 2.16. The Morgan fingerprint density at radius 3 is 2.40 bits per heavy atom. The van der Waals surface area contributed by atoms with Crippen molar-refractivity contribution in [1.29, 1.82) is 0 Å². The molecule has 0 spiro atoms. The van der Waals surface area contributed by atoms with E-state index in [0.29, 0.717) is 5.69 Å². The van der Waals surface area contributed by atoms with Crippen molar-refractivity contribution in [3.8, 4) is 11.1 Å². The summed E-state index contributed by atoms with van der Waals surface area (Å²) >= 11 is 0. The molecule has 0 unspecified atom stereocenters. The number of amides is 1. The predicted octanol–water partition coefficient (Wildman–Crippen LogP) is 2.59.